The molecule has 1 aliphatic carbocycles. The molecule has 0 aromatic heterocycles. The normalized spacial score (nSPS) is 20.3. The first-order chi connectivity index (χ1) is 9.17. The molecule has 0 radical (unpaired) electrons. The van der Waals surface area contributed by atoms with E-state index < -0.39 is 10.0 Å². The van der Waals surface area contributed by atoms with Crippen molar-refractivity contribution in [2.24, 2.45) is 4.40 Å². The highest BCUT2D eigenvalue weighted by Crippen LogP contribution is 2.29. The lowest BCUT2D eigenvalue weighted by Crippen LogP contribution is -2.30. The maximum atomic E-state index is 11.8. The van der Waals surface area contributed by atoms with Crippen LogP contribution in [0.25, 0.3) is 0 Å². The van der Waals surface area contributed by atoms with E-state index >= 15 is 0 Å². The van der Waals surface area contributed by atoms with Crippen molar-refractivity contribution in [1.29, 1.82) is 0 Å². The first kappa shape index (κ1) is 12.6. The van der Waals surface area contributed by atoms with E-state index in [1.807, 2.05) is 17.0 Å². The van der Waals surface area contributed by atoms with Crippen LogP contribution in [-0.2, 0) is 10.0 Å². The van der Waals surface area contributed by atoms with Crippen molar-refractivity contribution in [3.8, 4) is 0 Å². The van der Waals surface area contributed by atoms with Crippen LogP contribution in [-0.4, -0.2) is 33.9 Å². The van der Waals surface area contributed by atoms with Gasteiger partial charge in [0, 0.05) is 12.6 Å². The monoisotopic (exact) mass is 279 g/mol. The summed E-state index contributed by atoms with van der Waals surface area (Å²) in [5, 5.41) is 3.45. The van der Waals surface area contributed by atoms with E-state index in [2.05, 4.69) is 9.71 Å². The summed E-state index contributed by atoms with van der Waals surface area (Å²) in [5.74, 6) is 0. The van der Waals surface area contributed by atoms with Crippen LogP contribution in [0.5, 0.6) is 0 Å². The topological polar surface area (TPSA) is 61.8 Å². The highest BCUT2D eigenvalue weighted by atomic mass is 32.2. The summed E-state index contributed by atoms with van der Waals surface area (Å²) in [6, 6.07) is 7.72. The third-order valence-corrected chi connectivity index (χ3v) is 4.64. The lowest BCUT2D eigenvalue weighted by Gasteiger charge is -2.24. The van der Waals surface area contributed by atoms with Crippen molar-refractivity contribution in [2.45, 2.75) is 30.2 Å². The predicted octanol–water partition coefficient (Wildman–Crippen LogP) is 1.37. The molecule has 1 N–H and O–H groups in total. The van der Waals surface area contributed by atoms with Gasteiger partial charge in [-0.25, -0.2) is 0 Å². The second kappa shape index (κ2) is 4.94. The molecule has 19 heavy (non-hydrogen) atoms. The van der Waals surface area contributed by atoms with Crippen LogP contribution in [0.15, 0.2) is 33.6 Å². The molecule has 1 aromatic carbocycles. The Morgan fingerprint density at radius 2 is 2.11 bits per heavy atom. The molecule has 0 bridgehead atoms. The maximum Gasteiger partial charge on any atom is 0.285 e. The van der Waals surface area contributed by atoms with E-state index in [1.165, 1.54) is 19.2 Å². The lowest BCUT2D eigenvalue weighted by molar-refractivity contribution is 0.596. The quantitative estimate of drug-likeness (QED) is 0.827. The number of hydrogen-bond donors (Lipinski definition) is 1. The van der Waals surface area contributed by atoms with Crippen molar-refractivity contribution in [1.82, 2.24) is 5.32 Å². The Balaban J connectivity index is 1.68. The first-order valence-electron chi connectivity index (χ1n) is 6.56. The molecular weight excluding hydrogens is 262 g/mol. The number of para-hydroxylation sites is 1. The van der Waals surface area contributed by atoms with E-state index in [-0.39, 0.29) is 0 Å². The van der Waals surface area contributed by atoms with Gasteiger partial charge in [-0.3, -0.25) is 0 Å². The SMILES string of the molecule is O=S1(=O)N=CN(CCCNC2CC2)c2ccccc21. The van der Waals surface area contributed by atoms with Crippen LogP contribution < -0.4 is 10.2 Å². The lowest BCUT2D eigenvalue weighted by atomic mass is 10.2. The molecule has 102 valence electrons. The van der Waals surface area contributed by atoms with E-state index in [0.29, 0.717) is 10.9 Å². The third kappa shape index (κ3) is 2.79. The van der Waals surface area contributed by atoms with E-state index in [4.69, 9.17) is 0 Å². The van der Waals surface area contributed by atoms with Crippen LogP contribution in [0.3, 0.4) is 0 Å². The van der Waals surface area contributed by atoms with E-state index in [0.717, 1.165) is 25.2 Å². The van der Waals surface area contributed by atoms with Crippen LogP contribution >= 0.6 is 0 Å². The number of fused-ring (bicyclic) bond motifs is 1. The van der Waals surface area contributed by atoms with Crippen molar-refractivity contribution in [3.63, 3.8) is 0 Å². The van der Waals surface area contributed by atoms with Gasteiger partial charge in [0.1, 0.15) is 11.2 Å². The molecule has 2 aliphatic rings. The molecule has 1 aromatic rings. The predicted molar refractivity (Wildman–Crippen MR) is 75.1 cm³/mol. The Morgan fingerprint density at radius 3 is 2.89 bits per heavy atom. The average molecular weight is 279 g/mol. The minimum Gasteiger partial charge on any atom is -0.330 e. The summed E-state index contributed by atoms with van der Waals surface area (Å²) >= 11 is 0. The number of hydrogen-bond acceptors (Lipinski definition) is 4. The summed E-state index contributed by atoms with van der Waals surface area (Å²) < 4.78 is 27.3. The number of nitrogens with zero attached hydrogens (tertiary/aromatic N) is 2. The van der Waals surface area contributed by atoms with Gasteiger partial charge in [0.05, 0.1) is 5.69 Å². The summed E-state index contributed by atoms with van der Waals surface area (Å²) in [7, 11) is -3.50. The molecular formula is C13H17N3O2S. The summed E-state index contributed by atoms with van der Waals surface area (Å²) in [6.45, 7) is 1.74. The fraction of sp³-hybridized carbons (Fsp3) is 0.462. The van der Waals surface area contributed by atoms with Crippen molar-refractivity contribution in [3.05, 3.63) is 24.3 Å². The zero-order valence-electron chi connectivity index (χ0n) is 10.6. The number of nitrogens with one attached hydrogen (secondary N) is 1. The fourth-order valence-corrected chi connectivity index (χ4v) is 3.22. The average Bonchev–Trinajstić information content (AvgIpc) is 3.21. The molecule has 6 heteroatoms. The Labute approximate surface area is 113 Å². The largest absolute Gasteiger partial charge is 0.330 e. The highest BCUT2D eigenvalue weighted by Gasteiger charge is 2.24. The van der Waals surface area contributed by atoms with Crippen molar-refractivity contribution >= 4 is 22.0 Å². The van der Waals surface area contributed by atoms with E-state index in [9.17, 15) is 8.42 Å². The van der Waals surface area contributed by atoms with Gasteiger partial charge in [-0.05, 0) is 37.9 Å². The molecule has 1 heterocycles. The molecule has 1 fully saturated rings. The Hall–Kier alpha value is -1.40. The zero-order valence-corrected chi connectivity index (χ0v) is 11.4. The molecule has 0 unspecified atom stereocenters. The number of rotatable bonds is 5. The molecule has 1 saturated carbocycles. The standard InChI is InChI=1S/C13H17N3O2S/c17-19(18)13-5-2-1-4-12(13)16(10-15-19)9-3-8-14-11-6-7-11/h1-2,4-5,10-11,14H,3,6-9H2. The smallest absolute Gasteiger partial charge is 0.285 e. The minimum absolute atomic E-state index is 0.299. The molecule has 0 saturated heterocycles. The van der Waals surface area contributed by atoms with Gasteiger partial charge in [0.2, 0.25) is 0 Å². The Morgan fingerprint density at radius 1 is 1.32 bits per heavy atom. The zero-order chi connectivity index (χ0) is 13.3. The minimum atomic E-state index is -3.50. The second-order valence-electron chi connectivity index (χ2n) is 4.94. The Bertz CT molecular complexity index is 594. The van der Waals surface area contributed by atoms with E-state index in [1.54, 1.807) is 12.1 Å². The molecule has 0 spiro atoms. The maximum absolute atomic E-state index is 11.8. The van der Waals surface area contributed by atoms with Gasteiger partial charge in [-0.15, -0.1) is 4.40 Å². The second-order valence-corrected chi connectivity index (χ2v) is 6.54. The summed E-state index contributed by atoms with van der Waals surface area (Å²) in [5.41, 5.74) is 0.726. The van der Waals surface area contributed by atoms with Gasteiger partial charge in [0.25, 0.3) is 10.0 Å². The van der Waals surface area contributed by atoms with Crippen molar-refractivity contribution < 1.29 is 8.42 Å². The molecule has 1 aliphatic heterocycles. The number of anilines is 1. The van der Waals surface area contributed by atoms with Gasteiger partial charge in [-0.2, -0.15) is 8.42 Å². The fourth-order valence-electron chi connectivity index (χ4n) is 2.17. The van der Waals surface area contributed by atoms with Crippen molar-refractivity contribution in [2.75, 3.05) is 18.0 Å². The van der Waals surface area contributed by atoms with Crippen LogP contribution in [0.1, 0.15) is 19.3 Å². The molecule has 0 atom stereocenters. The van der Waals surface area contributed by atoms with Crippen LogP contribution in [0, 0.1) is 0 Å². The number of sulfonamides is 1. The molecule has 0 amide bonds. The van der Waals surface area contributed by atoms with Gasteiger partial charge < -0.3 is 10.2 Å². The third-order valence-electron chi connectivity index (χ3n) is 3.36. The Kier molecular flexibility index (Phi) is 3.28. The van der Waals surface area contributed by atoms with Gasteiger partial charge in [-0.1, -0.05) is 12.1 Å². The highest BCUT2D eigenvalue weighted by molar-refractivity contribution is 7.90. The van der Waals surface area contributed by atoms with Crippen LogP contribution in [0.4, 0.5) is 5.69 Å². The summed E-state index contributed by atoms with van der Waals surface area (Å²) in [4.78, 5) is 2.21. The van der Waals surface area contributed by atoms with Gasteiger partial charge >= 0.3 is 0 Å². The molecule has 5 nitrogen and oxygen atoms in total. The summed E-state index contributed by atoms with van der Waals surface area (Å²) in [6.07, 6.45) is 4.96. The first-order valence-corrected chi connectivity index (χ1v) is 8.00. The van der Waals surface area contributed by atoms with Gasteiger partial charge in [0.15, 0.2) is 0 Å². The van der Waals surface area contributed by atoms with Crippen LogP contribution in [0.2, 0.25) is 0 Å². The number of benzene rings is 1. The molecule has 3 rings (SSSR count).